The Hall–Kier alpha value is 1.19. The van der Waals surface area contributed by atoms with E-state index in [1.165, 1.54) is 0 Å². The van der Waals surface area contributed by atoms with Crippen LogP contribution in [0.4, 0.5) is 4.79 Å². The summed E-state index contributed by atoms with van der Waals surface area (Å²) in [6.45, 7) is 1.00. The Balaban J connectivity index is 0. The summed E-state index contributed by atoms with van der Waals surface area (Å²) in [5.41, 5.74) is 0. The number of amides is 1. The van der Waals surface area contributed by atoms with Gasteiger partial charge >= 0.3 is 6.09 Å². The number of hydrogen-bond donors (Lipinski definition) is 5. The normalized spacial score (nSPS) is 10.2. The third-order valence-electron chi connectivity index (χ3n) is 1.75. The van der Waals surface area contributed by atoms with Crippen molar-refractivity contribution >= 4 is 56.6 Å². The molecule has 0 aromatic rings. The Kier molecular flexibility index (Phi) is 16.4. The number of thiol groups is 4. The molecule has 17 heavy (non-hydrogen) atoms. The first kappa shape index (κ1) is 20.5. The van der Waals surface area contributed by atoms with Crippen molar-refractivity contribution in [3.05, 3.63) is 0 Å². The van der Waals surface area contributed by atoms with Crippen molar-refractivity contribution in [2.75, 3.05) is 13.2 Å². The van der Waals surface area contributed by atoms with Crippen molar-refractivity contribution in [1.82, 2.24) is 5.32 Å². The number of carbonyl (C=O) groups is 1. The third-order valence-corrected chi connectivity index (χ3v) is 2.78. The van der Waals surface area contributed by atoms with Gasteiger partial charge in [-0.15, -0.1) is 0 Å². The van der Waals surface area contributed by atoms with Gasteiger partial charge < -0.3 is 10.1 Å². The van der Waals surface area contributed by atoms with Gasteiger partial charge in [0.1, 0.15) is 0 Å². The summed E-state index contributed by atoms with van der Waals surface area (Å²) >= 11 is 16.4. The first-order valence-corrected chi connectivity index (χ1v) is 7.22. The summed E-state index contributed by atoms with van der Waals surface area (Å²) in [5, 5.41) is 2.66. The molecular weight excluding hydrogens is 346 g/mol. The van der Waals surface area contributed by atoms with Crippen molar-refractivity contribution in [1.29, 1.82) is 0 Å². The summed E-state index contributed by atoms with van der Waals surface area (Å²) in [7, 11) is 0. The van der Waals surface area contributed by atoms with Crippen LogP contribution in [0.15, 0.2) is 0 Å². The largest absolute Gasteiger partial charge is 0.450 e. The number of rotatable bonds is 8. The fourth-order valence-corrected chi connectivity index (χ4v) is 1.69. The summed E-state index contributed by atoms with van der Waals surface area (Å²) in [5.74, 6) is 0. The average molecular weight is 365 g/mol. The first-order valence-electron chi connectivity index (χ1n) is 5.15. The van der Waals surface area contributed by atoms with Gasteiger partial charge in [0.05, 0.1) is 6.61 Å². The van der Waals surface area contributed by atoms with E-state index < -0.39 is 0 Å². The molecule has 0 aliphatic carbocycles. The van der Waals surface area contributed by atoms with Crippen molar-refractivity contribution in [3.63, 3.8) is 0 Å². The van der Waals surface area contributed by atoms with Gasteiger partial charge in [-0.1, -0.05) is 0 Å². The molecule has 0 aliphatic rings. The first-order chi connectivity index (χ1) is 7.52. The molecule has 3 nitrogen and oxygen atoms in total. The second kappa shape index (κ2) is 13.6. The van der Waals surface area contributed by atoms with Crippen LogP contribution in [0.3, 0.4) is 0 Å². The van der Waals surface area contributed by atoms with Gasteiger partial charge in [0.25, 0.3) is 0 Å². The molecule has 0 fully saturated rings. The third kappa shape index (κ3) is 17.2. The second-order valence-electron chi connectivity index (χ2n) is 3.31. The van der Waals surface area contributed by atoms with E-state index in [-0.39, 0.29) is 32.3 Å². The van der Waals surface area contributed by atoms with Gasteiger partial charge in [-0.3, -0.25) is 0 Å². The molecule has 1 radical (unpaired) electrons. The van der Waals surface area contributed by atoms with Gasteiger partial charge in [0.15, 0.2) is 0 Å². The topological polar surface area (TPSA) is 38.3 Å². The molecule has 0 bridgehead atoms. The fourth-order valence-electron chi connectivity index (χ4n) is 0.957. The number of nitrogens with one attached hydrogen (secondary N) is 1. The minimum Gasteiger partial charge on any atom is -0.450 e. The Bertz CT molecular complexity index is 178. The van der Waals surface area contributed by atoms with Crippen LogP contribution in [0.25, 0.3) is 0 Å². The number of carbonyl (C=O) groups excluding carboxylic acids is 1. The predicted octanol–water partition coefficient (Wildman–Crippen LogP) is 2.64. The SMILES string of the molecule is O=C(NCCCC(S)S)OCCCC(S)S.[Cu]. The van der Waals surface area contributed by atoms with Crippen LogP contribution in [0.2, 0.25) is 0 Å². The van der Waals surface area contributed by atoms with Gasteiger partial charge in [0.2, 0.25) is 0 Å². The van der Waals surface area contributed by atoms with Crippen LogP contribution in [0, 0.1) is 0 Å². The quantitative estimate of drug-likeness (QED) is 0.199. The summed E-state index contributed by atoms with van der Waals surface area (Å²) < 4.78 is 5.06. The average Bonchev–Trinajstić information content (AvgIpc) is 2.19. The van der Waals surface area contributed by atoms with Crippen molar-refractivity contribution in [2.24, 2.45) is 0 Å². The smallest absolute Gasteiger partial charge is 0.407 e. The molecule has 107 valence electrons. The molecule has 0 rings (SSSR count). The van der Waals surface area contributed by atoms with E-state index in [2.05, 4.69) is 55.8 Å². The van der Waals surface area contributed by atoms with Crippen LogP contribution < -0.4 is 5.32 Å². The molecule has 0 aromatic heterocycles. The number of ether oxygens (including phenoxy) is 1. The summed E-state index contributed by atoms with van der Waals surface area (Å²) in [6, 6.07) is 0. The molecule has 1 N–H and O–H groups in total. The monoisotopic (exact) mass is 364 g/mol. The van der Waals surface area contributed by atoms with Crippen LogP contribution >= 0.6 is 50.5 Å². The van der Waals surface area contributed by atoms with Crippen LogP contribution in [0.5, 0.6) is 0 Å². The van der Waals surface area contributed by atoms with Gasteiger partial charge in [-0.2, -0.15) is 50.5 Å². The molecule has 0 heterocycles. The van der Waals surface area contributed by atoms with Crippen LogP contribution in [0.1, 0.15) is 25.7 Å². The van der Waals surface area contributed by atoms with Crippen molar-refractivity contribution < 1.29 is 26.6 Å². The maximum atomic E-state index is 11.1. The molecule has 0 atom stereocenters. The standard InChI is InChI=1S/C9H19NO2S4.Cu/c11-9(10-5-1-3-7(13)14)12-6-2-4-8(15)16;/h7-8,13-16H,1-6H2,(H,10,11);. The van der Waals surface area contributed by atoms with E-state index in [0.717, 1.165) is 25.7 Å². The molecule has 0 aliphatic heterocycles. The van der Waals surface area contributed by atoms with Crippen molar-refractivity contribution in [3.8, 4) is 0 Å². The Labute approximate surface area is 136 Å². The van der Waals surface area contributed by atoms with Gasteiger partial charge in [0, 0.05) is 32.8 Å². The van der Waals surface area contributed by atoms with E-state index in [0.29, 0.717) is 13.2 Å². The van der Waals surface area contributed by atoms with Gasteiger partial charge in [-0.05, 0) is 25.7 Å². The molecule has 0 spiro atoms. The molecule has 0 saturated carbocycles. The molecule has 8 heteroatoms. The van der Waals surface area contributed by atoms with Crippen molar-refractivity contribution in [2.45, 2.75) is 34.8 Å². The minimum absolute atomic E-state index is 0. The summed E-state index contributed by atoms with van der Waals surface area (Å²) in [4.78, 5) is 11.1. The zero-order valence-corrected chi connectivity index (χ0v) is 13.8. The number of hydrogen-bond acceptors (Lipinski definition) is 6. The maximum absolute atomic E-state index is 11.1. The molecule has 0 saturated heterocycles. The van der Waals surface area contributed by atoms with E-state index in [1.54, 1.807) is 0 Å². The number of alkyl carbamates (subject to hydrolysis) is 1. The fraction of sp³-hybridized carbons (Fsp3) is 0.889. The Morgan fingerprint density at radius 2 is 1.59 bits per heavy atom. The van der Waals surface area contributed by atoms with E-state index >= 15 is 0 Å². The van der Waals surface area contributed by atoms with E-state index in [9.17, 15) is 4.79 Å². The zero-order valence-electron chi connectivity index (χ0n) is 9.30. The minimum atomic E-state index is -0.371. The second-order valence-corrected chi connectivity index (χ2v) is 6.62. The Morgan fingerprint density at radius 3 is 2.12 bits per heavy atom. The van der Waals surface area contributed by atoms with Gasteiger partial charge in [-0.25, -0.2) is 4.79 Å². The van der Waals surface area contributed by atoms with Crippen LogP contribution in [-0.2, 0) is 21.8 Å². The Morgan fingerprint density at radius 1 is 1.06 bits per heavy atom. The maximum Gasteiger partial charge on any atom is 0.407 e. The molecule has 1 amide bonds. The molecule has 0 unspecified atom stereocenters. The zero-order chi connectivity index (χ0) is 12.4. The van der Waals surface area contributed by atoms with E-state index in [4.69, 9.17) is 4.74 Å². The predicted molar refractivity (Wildman–Crippen MR) is 81.3 cm³/mol. The van der Waals surface area contributed by atoms with Crippen LogP contribution in [-0.4, -0.2) is 28.4 Å². The molecular formula is C9H19CuNO2S4. The van der Waals surface area contributed by atoms with E-state index in [1.807, 2.05) is 0 Å². The summed E-state index contributed by atoms with van der Waals surface area (Å²) in [6.07, 6.45) is 2.93. The molecule has 0 aromatic carbocycles.